The lowest BCUT2D eigenvalue weighted by Crippen LogP contribution is -2.46. The van der Waals surface area contributed by atoms with E-state index in [4.69, 9.17) is 0 Å². The molecule has 0 aromatic heterocycles. The first-order chi connectivity index (χ1) is 6.13. The number of carbonyl (C=O) groups excluding carboxylic acids is 1. The molecule has 0 aromatic carbocycles. The maximum absolute atomic E-state index is 11.3. The molecule has 2 saturated carbocycles. The third kappa shape index (κ3) is 1.41. The average Bonchev–Trinajstić information content (AvgIpc) is 2.09. The molecular formula is C11H18O2. The third-order valence-electron chi connectivity index (χ3n) is 4.14. The van der Waals surface area contributed by atoms with E-state index in [9.17, 15) is 9.90 Å². The van der Waals surface area contributed by atoms with Crippen molar-refractivity contribution in [3.8, 4) is 0 Å². The summed E-state index contributed by atoms with van der Waals surface area (Å²) in [4.78, 5) is 11.3. The second kappa shape index (κ2) is 3.09. The molecule has 2 fully saturated rings. The molecule has 1 N–H and O–H groups in total. The Labute approximate surface area is 79.3 Å². The molecule has 2 aliphatic rings. The normalized spacial score (nSPS) is 45.8. The molecule has 74 valence electrons. The van der Waals surface area contributed by atoms with E-state index in [1.165, 1.54) is 0 Å². The van der Waals surface area contributed by atoms with Gasteiger partial charge >= 0.3 is 0 Å². The van der Waals surface area contributed by atoms with Crippen molar-refractivity contribution >= 4 is 5.78 Å². The molecule has 2 nitrogen and oxygen atoms in total. The van der Waals surface area contributed by atoms with Gasteiger partial charge in [-0.2, -0.15) is 0 Å². The number of ketones is 1. The maximum Gasteiger partial charge on any atom is 0.133 e. The molecule has 0 bridgehead atoms. The van der Waals surface area contributed by atoms with E-state index in [1.54, 1.807) is 0 Å². The Kier molecular flexibility index (Phi) is 2.18. The zero-order chi connectivity index (χ0) is 9.47. The van der Waals surface area contributed by atoms with Gasteiger partial charge in [0.15, 0.2) is 0 Å². The fourth-order valence-electron chi connectivity index (χ4n) is 2.98. The number of hydrogen-bond donors (Lipinski definition) is 1. The Morgan fingerprint density at radius 3 is 3.00 bits per heavy atom. The largest absolute Gasteiger partial charge is 0.393 e. The van der Waals surface area contributed by atoms with E-state index in [-0.39, 0.29) is 11.5 Å². The van der Waals surface area contributed by atoms with Crippen LogP contribution < -0.4 is 0 Å². The lowest BCUT2D eigenvalue weighted by atomic mass is 9.59. The first kappa shape index (κ1) is 9.20. The molecule has 0 spiro atoms. The Balaban J connectivity index is 2.17. The molecule has 0 aromatic rings. The minimum absolute atomic E-state index is 0.0478. The molecule has 0 heterocycles. The van der Waals surface area contributed by atoms with Gasteiger partial charge in [-0.3, -0.25) is 4.79 Å². The molecule has 13 heavy (non-hydrogen) atoms. The summed E-state index contributed by atoms with van der Waals surface area (Å²) in [5.41, 5.74) is 0.0478. The Hall–Kier alpha value is -0.370. The van der Waals surface area contributed by atoms with E-state index in [0.29, 0.717) is 24.5 Å². The number of aliphatic hydroxyl groups is 1. The molecule has 2 aliphatic carbocycles. The molecule has 0 saturated heterocycles. The summed E-state index contributed by atoms with van der Waals surface area (Å²) < 4.78 is 0. The number of carbonyl (C=O) groups is 1. The third-order valence-corrected chi connectivity index (χ3v) is 4.14. The summed E-state index contributed by atoms with van der Waals surface area (Å²) in [6.45, 7) is 2.16. The van der Waals surface area contributed by atoms with Gasteiger partial charge in [-0.25, -0.2) is 0 Å². The van der Waals surface area contributed by atoms with E-state index in [1.807, 2.05) is 0 Å². The average molecular weight is 182 g/mol. The highest BCUT2D eigenvalue weighted by Gasteiger charge is 2.46. The predicted octanol–water partition coefficient (Wildman–Crippen LogP) is 1.91. The van der Waals surface area contributed by atoms with Crippen molar-refractivity contribution in [3.63, 3.8) is 0 Å². The number of rotatable bonds is 0. The lowest BCUT2D eigenvalue weighted by Gasteiger charge is -2.47. The van der Waals surface area contributed by atoms with E-state index >= 15 is 0 Å². The minimum atomic E-state index is -0.167. The van der Waals surface area contributed by atoms with Crippen LogP contribution in [0.5, 0.6) is 0 Å². The van der Waals surface area contributed by atoms with Gasteiger partial charge in [-0.1, -0.05) is 13.3 Å². The fourth-order valence-corrected chi connectivity index (χ4v) is 2.98. The first-order valence-corrected chi connectivity index (χ1v) is 5.33. The second-order valence-corrected chi connectivity index (χ2v) is 4.89. The number of aliphatic hydroxyl groups excluding tert-OH is 1. The van der Waals surface area contributed by atoms with Crippen LogP contribution >= 0.6 is 0 Å². The summed E-state index contributed by atoms with van der Waals surface area (Å²) in [5.74, 6) is 0.856. The van der Waals surface area contributed by atoms with Crippen molar-refractivity contribution in [3.05, 3.63) is 0 Å². The molecule has 3 atom stereocenters. The fraction of sp³-hybridized carbons (Fsp3) is 0.909. The highest BCUT2D eigenvalue weighted by Crippen LogP contribution is 2.49. The van der Waals surface area contributed by atoms with Gasteiger partial charge < -0.3 is 5.11 Å². The van der Waals surface area contributed by atoms with Gasteiger partial charge in [-0.15, -0.1) is 0 Å². The number of hydrogen-bond acceptors (Lipinski definition) is 2. The van der Waals surface area contributed by atoms with Crippen LogP contribution in [0.15, 0.2) is 0 Å². The van der Waals surface area contributed by atoms with Crippen molar-refractivity contribution in [1.29, 1.82) is 0 Å². The van der Waals surface area contributed by atoms with Crippen LogP contribution in [0.4, 0.5) is 0 Å². The highest BCUT2D eigenvalue weighted by atomic mass is 16.3. The Bertz CT molecular complexity index is 224. The van der Waals surface area contributed by atoms with Gasteiger partial charge in [0.25, 0.3) is 0 Å². The first-order valence-electron chi connectivity index (χ1n) is 5.33. The zero-order valence-electron chi connectivity index (χ0n) is 8.25. The van der Waals surface area contributed by atoms with Gasteiger partial charge in [0, 0.05) is 12.8 Å². The summed E-state index contributed by atoms with van der Waals surface area (Å²) in [6.07, 6.45) is 5.30. The van der Waals surface area contributed by atoms with Crippen LogP contribution in [-0.4, -0.2) is 17.0 Å². The SMILES string of the molecule is CC12CCC(=O)CC1CCCC2O. The Morgan fingerprint density at radius 1 is 1.46 bits per heavy atom. The second-order valence-electron chi connectivity index (χ2n) is 4.89. The van der Waals surface area contributed by atoms with Gasteiger partial charge in [0.2, 0.25) is 0 Å². The van der Waals surface area contributed by atoms with Crippen molar-refractivity contribution in [1.82, 2.24) is 0 Å². The summed E-state index contributed by atoms with van der Waals surface area (Å²) in [7, 11) is 0. The summed E-state index contributed by atoms with van der Waals surface area (Å²) in [5, 5.41) is 9.94. The van der Waals surface area contributed by atoms with E-state index in [2.05, 4.69) is 6.92 Å². The maximum atomic E-state index is 11.3. The van der Waals surface area contributed by atoms with Gasteiger partial charge in [-0.05, 0) is 30.6 Å². The smallest absolute Gasteiger partial charge is 0.133 e. The molecule has 2 rings (SSSR count). The van der Waals surface area contributed by atoms with Crippen LogP contribution in [-0.2, 0) is 4.79 Å². The lowest BCUT2D eigenvalue weighted by molar-refractivity contribution is -0.131. The summed E-state index contributed by atoms with van der Waals surface area (Å²) >= 11 is 0. The number of Topliss-reactive ketones (excluding diaryl/α,β-unsaturated/α-hetero) is 1. The quantitative estimate of drug-likeness (QED) is 0.621. The molecule has 0 radical (unpaired) electrons. The number of fused-ring (bicyclic) bond motifs is 1. The topological polar surface area (TPSA) is 37.3 Å². The molecule has 0 aliphatic heterocycles. The monoisotopic (exact) mass is 182 g/mol. The van der Waals surface area contributed by atoms with Crippen molar-refractivity contribution < 1.29 is 9.90 Å². The van der Waals surface area contributed by atoms with E-state index in [0.717, 1.165) is 25.7 Å². The van der Waals surface area contributed by atoms with Crippen molar-refractivity contribution in [2.75, 3.05) is 0 Å². The van der Waals surface area contributed by atoms with Crippen LogP contribution in [0.2, 0.25) is 0 Å². The van der Waals surface area contributed by atoms with Gasteiger partial charge in [0.05, 0.1) is 6.10 Å². The van der Waals surface area contributed by atoms with Crippen molar-refractivity contribution in [2.24, 2.45) is 11.3 Å². The highest BCUT2D eigenvalue weighted by molar-refractivity contribution is 5.79. The van der Waals surface area contributed by atoms with E-state index < -0.39 is 0 Å². The van der Waals surface area contributed by atoms with Gasteiger partial charge in [0.1, 0.15) is 5.78 Å². The van der Waals surface area contributed by atoms with Crippen LogP contribution in [0.1, 0.15) is 45.4 Å². The zero-order valence-corrected chi connectivity index (χ0v) is 8.25. The Morgan fingerprint density at radius 2 is 2.23 bits per heavy atom. The van der Waals surface area contributed by atoms with Crippen LogP contribution in [0, 0.1) is 11.3 Å². The molecule has 3 unspecified atom stereocenters. The predicted molar refractivity (Wildman–Crippen MR) is 50.3 cm³/mol. The molecule has 2 heteroatoms. The summed E-state index contributed by atoms with van der Waals surface area (Å²) in [6, 6.07) is 0. The molecular weight excluding hydrogens is 164 g/mol. The van der Waals surface area contributed by atoms with Crippen molar-refractivity contribution in [2.45, 2.75) is 51.6 Å². The molecule has 0 amide bonds. The van der Waals surface area contributed by atoms with Crippen LogP contribution in [0.3, 0.4) is 0 Å². The standard InChI is InChI=1S/C11H18O2/c1-11-6-5-9(12)7-8(11)3-2-4-10(11)13/h8,10,13H,2-7H2,1H3. The minimum Gasteiger partial charge on any atom is -0.393 e. The van der Waals surface area contributed by atoms with Crippen LogP contribution in [0.25, 0.3) is 0 Å².